The lowest BCUT2D eigenvalue weighted by Gasteiger charge is -2.29. The summed E-state index contributed by atoms with van der Waals surface area (Å²) in [5.41, 5.74) is -3.97. The van der Waals surface area contributed by atoms with Crippen LogP contribution >= 0.6 is 0 Å². The minimum absolute atomic E-state index is 0.121. The minimum Gasteiger partial charge on any atom is -0.481 e. The molecule has 0 radical (unpaired) electrons. The van der Waals surface area contributed by atoms with Gasteiger partial charge in [-0.25, -0.2) is 9.59 Å². The zero-order valence-electron chi connectivity index (χ0n) is 25.5. The first-order valence-corrected chi connectivity index (χ1v) is 15.2. The van der Waals surface area contributed by atoms with Gasteiger partial charge in [-0.3, -0.25) is 14.4 Å². The molecule has 0 aliphatic heterocycles. The number of Topliss-reactive ketones (excluding diaryl/α,β-unsaturated/α-hetero) is 1. The molecule has 0 saturated heterocycles. The van der Waals surface area contributed by atoms with Crippen molar-refractivity contribution in [2.45, 2.75) is 115 Å². The number of aliphatic carboxylic acids is 3. The largest absolute Gasteiger partial charge is 0.481 e. The highest BCUT2D eigenvalue weighted by Gasteiger charge is 2.49. The Morgan fingerprint density at radius 1 is 0.844 bits per heavy atom. The minimum atomic E-state index is -4.61. The number of allylic oxidation sites excluding steroid dienone is 1. The second-order valence-electron chi connectivity index (χ2n) is 11.2. The van der Waals surface area contributed by atoms with Crippen LogP contribution in [0.25, 0.3) is 0 Å². The summed E-state index contributed by atoms with van der Waals surface area (Å²) in [7, 11) is 0. The summed E-state index contributed by atoms with van der Waals surface area (Å²) in [6.07, 6.45) is 5.52. The molecule has 1 aromatic carbocycles. The lowest BCUT2D eigenvalue weighted by atomic mass is 9.82. The average molecular weight is 644 g/mol. The van der Waals surface area contributed by atoms with Gasteiger partial charge < -0.3 is 25.7 Å². The van der Waals surface area contributed by atoms with E-state index in [0.29, 0.717) is 25.7 Å². The molecule has 0 spiro atoms. The predicted molar refractivity (Wildman–Crippen MR) is 158 cm³/mol. The van der Waals surface area contributed by atoms with Gasteiger partial charge in [-0.05, 0) is 43.4 Å². The standard InChI is InChI=1S/C32H44F3NO9/c1-2-3-4-7-10-13-24(37)14-11-8-5-6-9-12-15-25(31(45,30(43)44)21-27(38)39)28(40)36-26(29(41)42)20-22-16-18-23(19-17-22)32(33,34)35/h12,15-19,25-26,45H,2-11,13-14,20-21H2,1H3,(H,36,40)(H,38,39)(H,41,42)(H,43,44)/b15-12+/t25-,26-,31-/m0/s1. The van der Waals surface area contributed by atoms with Gasteiger partial charge >= 0.3 is 24.1 Å². The molecule has 0 saturated carbocycles. The van der Waals surface area contributed by atoms with E-state index in [1.54, 1.807) is 0 Å². The summed E-state index contributed by atoms with van der Waals surface area (Å²) >= 11 is 0. The number of unbranched alkanes of at least 4 members (excludes halogenated alkanes) is 8. The number of carboxylic acids is 3. The second-order valence-corrected chi connectivity index (χ2v) is 11.2. The Hall–Kier alpha value is -3.74. The summed E-state index contributed by atoms with van der Waals surface area (Å²) in [5.74, 6) is -8.39. The third kappa shape index (κ3) is 14.7. The molecular formula is C32H44F3NO9. The Kier molecular flexibility index (Phi) is 17.1. The second kappa shape index (κ2) is 19.6. The number of carbonyl (C=O) groups excluding carboxylic acids is 2. The maximum atomic E-state index is 13.1. The molecule has 3 atom stereocenters. The molecule has 10 nitrogen and oxygen atoms in total. The van der Waals surface area contributed by atoms with E-state index in [2.05, 4.69) is 12.2 Å². The van der Waals surface area contributed by atoms with Crippen LogP contribution in [0.15, 0.2) is 36.4 Å². The fraction of sp³-hybridized carbons (Fsp3) is 0.594. The van der Waals surface area contributed by atoms with Gasteiger partial charge in [0.25, 0.3) is 0 Å². The molecule has 45 heavy (non-hydrogen) atoms. The van der Waals surface area contributed by atoms with Gasteiger partial charge in [-0.15, -0.1) is 0 Å². The molecule has 0 unspecified atom stereocenters. The number of alkyl halides is 3. The normalized spacial score (nSPS) is 14.4. The Morgan fingerprint density at radius 3 is 1.89 bits per heavy atom. The number of hydrogen-bond acceptors (Lipinski definition) is 6. The number of halogens is 3. The van der Waals surface area contributed by atoms with E-state index < -0.39 is 66.0 Å². The first-order valence-electron chi connectivity index (χ1n) is 15.2. The summed E-state index contributed by atoms with van der Waals surface area (Å²) in [6.45, 7) is 2.13. The van der Waals surface area contributed by atoms with Gasteiger partial charge in [-0.1, -0.05) is 69.7 Å². The van der Waals surface area contributed by atoms with E-state index in [4.69, 9.17) is 0 Å². The molecule has 1 rings (SSSR count). The van der Waals surface area contributed by atoms with Gasteiger partial charge in [-0.2, -0.15) is 13.2 Å². The number of amides is 1. The molecule has 0 aliphatic rings. The molecule has 0 heterocycles. The molecule has 0 aliphatic carbocycles. The third-order valence-electron chi connectivity index (χ3n) is 7.39. The molecule has 1 amide bonds. The Morgan fingerprint density at radius 2 is 1.40 bits per heavy atom. The van der Waals surface area contributed by atoms with Gasteiger partial charge in [0.15, 0.2) is 5.60 Å². The highest BCUT2D eigenvalue weighted by Crippen LogP contribution is 2.29. The molecule has 13 heteroatoms. The summed E-state index contributed by atoms with van der Waals surface area (Å²) < 4.78 is 38.6. The third-order valence-corrected chi connectivity index (χ3v) is 7.39. The number of ketones is 1. The first kappa shape index (κ1) is 39.3. The van der Waals surface area contributed by atoms with Crippen LogP contribution in [0.4, 0.5) is 13.2 Å². The van der Waals surface area contributed by atoms with E-state index in [0.717, 1.165) is 81.7 Å². The van der Waals surface area contributed by atoms with Crippen molar-refractivity contribution >= 4 is 29.6 Å². The van der Waals surface area contributed by atoms with Crippen LogP contribution in [0, 0.1) is 5.92 Å². The molecule has 5 N–H and O–H groups in total. The molecular weight excluding hydrogens is 599 g/mol. The molecule has 0 bridgehead atoms. The highest BCUT2D eigenvalue weighted by molar-refractivity contribution is 5.94. The fourth-order valence-corrected chi connectivity index (χ4v) is 4.76. The monoisotopic (exact) mass is 643 g/mol. The Labute approximate surface area is 260 Å². The molecule has 252 valence electrons. The van der Waals surface area contributed by atoms with Crippen LogP contribution in [0.1, 0.15) is 102 Å². The molecule has 0 fully saturated rings. The zero-order valence-corrected chi connectivity index (χ0v) is 25.5. The quantitative estimate of drug-likeness (QED) is 0.0755. The van der Waals surface area contributed by atoms with Crippen LogP contribution in [0.5, 0.6) is 0 Å². The van der Waals surface area contributed by atoms with Crippen molar-refractivity contribution in [3.63, 3.8) is 0 Å². The molecule has 1 aromatic rings. The lowest BCUT2D eigenvalue weighted by Crippen LogP contribution is -2.55. The number of hydrogen-bond donors (Lipinski definition) is 5. The number of rotatable bonds is 23. The van der Waals surface area contributed by atoms with Crippen molar-refractivity contribution in [2.75, 3.05) is 0 Å². The zero-order chi connectivity index (χ0) is 34.0. The van der Waals surface area contributed by atoms with Crippen molar-refractivity contribution in [3.8, 4) is 0 Å². The van der Waals surface area contributed by atoms with Crippen LogP contribution in [0.2, 0.25) is 0 Å². The van der Waals surface area contributed by atoms with Crippen molar-refractivity contribution in [2.24, 2.45) is 5.92 Å². The van der Waals surface area contributed by atoms with Crippen LogP contribution in [0.3, 0.4) is 0 Å². The SMILES string of the molecule is CCCCCCCC(=O)CCCCCC/C=C/[C@@H](C(=O)N[C@@H](Cc1ccc(C(F)(F)F)cc1)C(=O)O)[C@@](O)(CC(=O)O)C(=O)O. The van der Waals surface area contributed by atoms with E-state index in [1.165, 1.54) is 6.08 Å². The average Bonchev–Trinajstić information content (AvgIpc) is 2.95. The number of nitrogens with one attached hydrogen (secondary N) is 1. The van der Waals surface area contributed by atoms with Gasteiger partial charge in [0.2, 0.25) is 5.91 Å². The topological polar surface area (TPSA) is 178 Å². The van der Waals surface area contributed by atoms with Crippen LogP contribution in [-0.4, -0.2) is 61.7 Å². The Bertz CT molecular complexity index is 1150. The van der Waals surface area contributed by atoms with Crippen molar-refractivity contribution in [1.82, 2.24) is 5.32 Å². The van der Waals surface area contributed by atoms with Crippen LogP contribution in [-0.2, 0) is 36.6 Å². The fourth-order valence-electron chi connectivity index (χ4n) is 4.76. The summed E-state index contributed by atoms with van der Waals surface area (Å²) in [4.78, 5) is 60.3. The van der Waals surface area contributed by atoms with Gasteiger partial charge in [0.05, 0.1) is 17.9 Å². The maximum Gasteiger partial charge on any atom is 0.416 e. The van der Waals surface area contributed by atoms with E-state index in [-0.39, 0.29) is 11.3 Å². The van der Waals surface area contributed by atoms with E-state index >= 15 is 0 Å². The van der Waals surface area contributed by atoms with E-state index in [9.17, 15) is 57.6 Å². The number of aliphatic hydroxyl groups is 1. The van der Waals surface area contributed by atoms with Gasteiger partial charge in [0, 0.05) is 19.3 Å². The predicted octanol–water partition coefficient (Wildman–Crippen LogP) is 5.55. The Balaban J connectivity index is 2.85. The summed E-state index contributed by atoms with van der Waals surface area (Å²) in [6, 6.07) is 1.82. The highest BCUT2D eigenvalue weighted by atomic mass is 19.4. The maximum absolute atomic E-state index is 13.1. The van der Waals surface area contributed by atoms with Crippen molar-refractivity contribution < 1.29 is 57.6 Å². The first-order chi connectivity index (χ1) is 21.1. The number of carboxylic acid groups (broad SMARTS) is 3. The van der Waals surface area contributed by atoms with E-state index in [1.807, 2.05) is 0 Å². The molecule has 0 aromatic heterocycles. The number of benzene rings is 1. The lowest BCUT2D eigenvalue weighted by molar-refractivity contribution is -0.172. The van der Waals surface area contributed by atoms with Gasteiger partial charge in [0.1, 0.15) is 11.8 Å². The van der Waals surface area contributed by atoms with Crippen molar-refractivity contribution in [1.29, 1.82) is 0 Å². The van der Waals surface area contributed by atoms with Crippen LogP contribution < -0.4 is 5.32 Å². The smallest absolute Gasteiger partial charge is 0.416 e. The van der Waals surface area contributed by atoms with Crippen molar-refractivity contribution in [3.05, 3.63) is 47.5 Å². The number of carbonyl (C=O) groups is 5. The summed E-state index contributed by atoms with van der Waals surface area (Å²) in [5, 5.41) is 41.4.